The van der Waals surface area contributed by atoms with E-state index in [0.29, 0.717) is 5.95 Å². The standard InChI is InChI=1S/C21H22N6O2/c28-19(25-29)17-8-23-20(24-9-17)27-7-5-21(14-27)12-26(13-21)11-16-3-1-2-15-4-6-22-10-18(15)16/h1-4,6,8-10,29H,5,7,11-14H2,(H,25,28). The van der Waals surface area contributed by atoms with Crippen molar-refractivity contribution in [2.24, 2.45) is 5.41 Å². The van der Waals surface area contributed by atoms with E-state index in [2.05, 4.69) is 49.0 Å². The number of hydrogen-bond donors (Lipinski definition) is 2. The highest BCUT2D eigenvalue weighted by molar-refractivity contribution is 5.92. The van der Waals surface area contributed by atoms with Gasteiger partial charge in [0, 0.05) is 68.3 Å². The summed E-state index contributed by atoms with van der Waals surface area (Å²) < 4.78 is 0. The number of fused-ring (bicyclic) bond motifs is 1. The maximum absolute atomic E-state index is 11.4. The Balaban J connectivity index is 1.22. The Labute approximate surface area is 168 Å². The van der Waals surface area contributed by atoms with Gasteiger partial charge in [0.15, 0.2) is 0 Å². The third-order valence-electron chi connectivity index (χ3n) is 6.01. The lowest BCUT2D eigenvalue weighted by Crippen LogP contribution is -2.56. The second-order valence-corrected chi connectivity index (χ2v) is 8.04. The Morgan fingerprint density at radius 2 is 1.97 bits per heavy atom. The predicted molar refractivity (Wildman–Crippen MR) is 108 cm³/mol. The van der Waals surface area contributed by atoms with Gasteiger partial charge >= 0.3 is 0 Å². The van der Waals surface area contributed by atoms with Gasteiger partial charge in [0.2, 0.25) is 5.95 Å². The van der Waals surface area contributed by atoms with Gasteiger partial charge in [0.1, 0.15) is 0 Å². The van der Waals surface area contributed by atoms with Gasteiger partial charge in [-0.25, -0.2) is 15.4 Å². The van der Waals surface area contributed by atoms with Crippen molar-refractivity contribution in [3.63, 3.8) is 0 Å². The van der Waals surface area contributed by atoms with Crippen molar-refractivity contribution in [1.82, 2.24) is 25.3 Å². The lowest BCUT2D eigenvalue weighted by Gasteiger charge is -2.48. The van der Waals surface area contributed by atoms with Gasteiger partial charge in [-0.05, 0) is 23.4 Å². The van der Waals surface area contributed by atoms with Crippen molar-refractivity contribution < 1.29 is 10.0 Å². The molecule has 1 amide bonds. The molecular formula is C21H22N6O2. The van der Waals surface area contributed by atoms with Crippen molar-refractivity contribution in [2.75, 3.05) is 31.1 Å². The minimum atomic E-state index is -0.604. The fraction of sp³-hybridized carbons (Fsp3) is 0.333. The van der Waals surface area contributed by atoms with E-state index in [-0.39, 0.29) is 11.0 Å². The van der Waals surface area contributed by atoms with Crippen LogP contribution >= 0.6 is 0 Å². The lowest BCUT2D eigenvalue weighted by molar-refractivity contribution is 0.0119. The largest absolute Gasteiger partial charge is 0.340 e. The van der Waals surface area contributed by atoms with Crippen molar-refractivity contribution in [3.05, 3.63) is 60.2 Å². The van der Waals surface area contributed by atoms with Gasteiger partial charge in [-0.2, -0.15) is 0 Å². The molecule has 0 unspecified atom stereocenters. The Bertz CT molecular complexity index is 1040. The molecule has 0 radical (unpaired) electrons. The average Bonchev–Trinajstić information content (AvgIpc) is 3.19. The zero-order chi connectivity index (χ0) is 19.8. The highest BCUT2D eigenvalue weighted by Crippen LogP contribution is 2.41. The number of carbonyl (C=O) groups excluding carboxylic acids is 1. The molecule has 5 rings (SSSR count). The van der Waals surface area contributed by atoms with Gasteiger partial charge in [-0.3, -0.25) is 19.9 Å². The van der Waals surface area contributed by atoms with Crippen LogP contribution in [0.25, 0.3) is 10.8 Å². The molecular weight excluding hydrogens is 368 g/mol. The molecule has 1 aromatic carbocycles. The summed E-state index contributed by atoms with van der Waals surface area (Å²) >= 11 is 0. The van der Waals surface area contributed by atoms with Crippen molar-refractivity contribution in [3.8, 4) is 0 Å². The van der Waals surface area contributed by atoms with Crippen LogP contribution in [-0.4, -0.2) is 57.1 Å². The first kappa shape index (κ1) is 18.0. The van der Waals surface area contributed by atoms with E-state index >= 15 is 0 Å². The number of benzene rings is 1. The highest BCUT2D eigenvalue weighted by Gasteiger charge is 2.47. The van der Waals surface area contributed by atoms with Crippen molar-refractivity contribution in [1.29, 1.82) is 0 Å². The van der Waals surface area contributed by atoms with Crippen LogP contribution in [0.15, 0.2) is 49.1 Å². The van der Waals surface area contributed by atoms with E-state index in [0.717, 1.165) is 39.1 Å². The van der Waals surface area contributed by atoms with E-state index in [1.54, 1.807) is 5.48 Å². The molecule has 29 heavy (non-hydrogen) atoms. The Hall–Kier alpha value is -3.10. The Morgan fingerprint density at radius 3 is 2.76 bits per heavy atom. The normalized spacial score (nSPS) is 18.2. The summed E-state index contributed by atoms with van der Waals surface area (Å²) in [5.41, 5.74) is 3.44. The van der Waals surface area contributed by atoms with Gasteiger partial charge in [-0.1, -0.05) is 18.2 Å². The number of amides is 1. The molecule has 2 aliphatic rings. The zero-order valence-corrected chi connectivity index (χ0v) is 16.0. The van der Waals surface area contributed by atoms with Gasteiger partial charge in [-0.15, -0.1) is 0 Å². The second-order valence-electron chi connectivity index (χ2n) is 8.04. The highest BCUT2D eigenvalue weighted by atomic mass is 16.5. The molecule has 8 heteroatoms. The maximum atomic E-state index is 11.4. The van der Waals surface area contributed by atoms with Crippen LogP contribution in [0.5, 0.6) is 0 Å². The first-order valence-electron chi connectivity index (χ1n) is 9.71. The van der Waals surface area contributed by atoms with Crippen LogP contribution < -0.4 is 10.4 Å². The summed E-state index contributed by atoms with van der Waals surface area (Å²) in [6.45, 7) is 4.90. The number of hydroxylamine groups is 1. The van der Waals surface area contributed by atoms with Crippen LogP contribution in [0.1, 0.15) is 22.3 Å². The maximum Gasteiger partial charge on any atom is 0.277 e. The van der Waals surface area contributed by atoms with Gasteiger partial charge in [0.25, 0.3) is 5.91 Å². The predicted octanol–water partition coefficient (Wildman–Crippen LogP) is 1.86. The molecule has 3 aromatic rings. The van der Waals surface area contributed by atoms with E-state index in [4.69, 9.17) is 5.21 Å². The number of likely N-dealkylation sites (tertiary alicyclic amines) is 1. The van der Waals surface area contributed by atoms with Crippen molar-refractivity contribution >= 4 is 22.6 Å². The molecule has 2 aromatic heterocycles. The number of nitrogens with one attached hydrogen (secondary N) is 1. The van der Waals surface area contributed by atoms with Crippen LogP contribution in [0.2, 0.25) is 0 Å². The minimum absolute atomic E-state index is 0.240. The molecule has 0 aliphatic carbocycles. The number of carbonyl (C=O) groups is 1. The molecule has 2 aliphatic heterocycles. The molecule has 0 saturated carbocycles. The fourth-order valence-corrected chi connectivity index (χ4v) is 4.60. The van der Waals surface area contributed by atoms with Crippen LogP contribution in [-0.2, 0) is 6.54 Å². The molecule has 0 atom stereocenters. The molecule has 4 heterocycles. The smallest absolute Gasteiger partial charge is 0.277 e. The summed E-state index contributed by atoms with van der Waals surface area (Å²) in [5.74, 6) is 0.0302. The number of nitrogens with zero attached hydrogens (tertiary/aromatic N) is 5. The van der Waals surface area contributed by atoms with E-state index in [1.165, 1.54) is 28.7 Å². The Kier molecular flexibility index (Phi) is 4.37. The van der Waals surface area contributed by atoms with Crippen LogP contribution in [0.4, 0.5) is 5.95 Å². The molecule has 2 fully saturated rings. The third kappa shape index (κ3) is 3.30. The summed E-state index contributed by atoms with van der Waals surface area (Å²) in [7, 11) is 0. The number of rotatable bonds is 4. The molecule has 8 nitrogen and oxygen atoms in total. The number of hydrogen-bond acceptors (Lipinski definition) is 7. The average molecular weight is 390 g/mol. The summed E-state index contributed by atoms with van der Waals surface area (Å²) in [5, 5.41) is 11.2. The zero-order valence-electron chi connectivity index (χ0n) is 16.0. The molecule has 148 valence electrons. The van der Waals surface area contributed by atoms with Crippen LogP contribution in [0.3, 0.4) is 0 Å². The quantitative estimate of drug-likeness (QED) is 0.519. The SMILES string of the molecule is O=C(NO)c1cnc(N2CCC3(CN(Cc4cccc5ccncc45)C3)C2)nc1. The van der Waals surface area contributed by atoms with Crippen molar-refractivity contribution in [2.45, 2.75) is 13.0 Å². The van der Waals surface area contributed by atoms with E-state index in [1.807, 2.05) is 12.4 Å². The summed E-state index contributed by atoms with van der Waals surface area (Å²) in [6.07, 6.45) is 7.79. The summed E-state index contributed by atoms with van der Waals surface area (Å²) in [4.78, 5) is 29.0. The topological polar surface area (TPSA) is 94.5 Å². The number of anilines is 1. The minimum Gasteiger partial charge on any atom is -0.340 e. The van der Waals surface area contributed by atoms with Crippen LogP contribution in [0, 0.1) is 5.41 Å². The monoisotopic (exact) mass is 390 g/mol. The van der Waals surface area contributed by atoms with Gasteiger partial charge < -0.3 is 4.90 Å². The first-order chi connectivity index (χ1) is 14.2. The third-order valence-corrected chi connectivity index (χ3v) is 6.01. The first-order valence-corrected chi connectivity index (χ1v) is 9.71. The molecule has 0 bridgehead atoms. The van der Waals surface area contributed by atoms with E-state index in [9.17, 15) is 4.79 Å². The van der Waals surface area contributed by atoms with E-state index < -0.39 is 5.91 Å². The molecule has 1 spiro atoms. The lowest BCUT2D eigenvalue weighted by atomic mass is 9.79. The number of aromatic nitrogens is 3. The molecule has 2 N–H and O–H groups in total. The summed E-state index contributed by atoms with van der Waals surface area (Å²) in [6, 6.07) is 8.49. The van der Waals surface area contributed by atoms with Gasteiger partial charge in [0.05, 0.1) is 5.56 Å². The Morgan fingerprint density at radius 1 is 1.14 bits per heavy atom. The fourth-order valence-electron chi connectivity index (χ4n) is 4.60. The molecule has 2 saturated heterocycles. The number of pyridine rings is 1. The second kappa shape index (κ2) is 7.06.